The molecular formula is C36H31N5O8S. The number of esters is 3. The first kappa shape index (κ1) is 33.9. The second kappa shape index (κ2) is 13.1. The van der Waals surface area contributed by atoms with Crippen molar-refractivity contribution in [1.29, 1.82) is 10.5 Å². The fourth-order valence-electron chi connectivity index (χ4n) is 7.03. The molecular weight excluding hydrogens is 662 g/mol. The summed E-state index contributed by atoms with van der Waals surface area (Å²) in [6.45, 7) is 3.22. The number of ether oxygens (including phenoxy) is 3. The van der Waals surface area contributed by atoms with Gasteiger partial charge in [0, 0.05) is 12.2 Å². The first-order valence-corrected chi connectivity index (χ1v) is 17.2. The SMILES string of the molecule is CCOC(=O)C1=C(C(=O)OCC)C2N(Cc3ccc(C#N)cc3)c3ccccc3[C@@]23C[C@@H](C(=O)OC)N(S(=O)(=O)c2ccc(C#N)cc2)C3=N1. The maximum absolute atomic E-state index is 14.7. The summed E-state index contributed by atoms with van der Waals surface area (Å²) in [5.74, 6) is -2.90. The summed E-state index contributed by atoms with van der Waals surface area (Å²) in [7, 11) is -3.49. The molecule has 50 heavy (non-hydrogen) atoms. The summed E-state index contributed by atoms with van der Waals surface area (Å²) in [6, 6.07) is 20.6. The van der Waals surface area contributed by atoms with Gasteiger partial charge in [-0.3, -0.25) is 0 Å². The number of nitriles is 2. The van der Waals surface area contributed by atoms with Crippen molar-refractivity contribution in [2.24, 2.45) is 4.99 Å². The predicted molar refractivity (Wildman–Crippen MR) is 178 cm³/mol. The van der Waals surface area contributed by atoms with Crippen LogP contribution in [0.2, 0.25) is 0 Å². The molecule has 0 amide bonds. The summed E-state index contributed by atoms with van der Waals surface area (Å²) in [6.07, 6.45) is -0.210. The number of aliphatic imine (C=N–C) groups is 1. The standard InChI is InChI=1S/C36H31N5O8S/c1-4-48-33(43)29-30(34(44)49-5-2)39-35-36(18-28(32(42)47-3)41(35)50(45,46)25-16-14-23(20-38)15-17-25)26-8-6-7-9-27(26)40(31(29)36)21-24-12-10-22(19-37)11-13-24/h6-17,28,31H,4-5,18,21H2,1-3H3/t28-,31?,36-/m0/s1. The maximum Gasteiger partial charge on any atom is 0.357 e. The van der Waals surface area contributed by atoms with Gasteiger partial charge in [0.25, 0.3) is 10.0 Å². The average molecular weight is 694 g/mol. The Balaban J connectivity index is 1.68. The third-order valence-corrected chi connectivity index (χ3v) is 10.9. The van der Waals surface area contributed by atoms with E-state index in [1.165, 1.54) is 24.3 Å². The third-order valence-electron chi connectivity index (χ3n) is 9.04. The van der Waals surface area contributed by atoms with Gasteiger partial charge >= 0.3 is 17.9 Å². The van der Waals surface area contributed by atoms with Crippen LogP contribution in [-0.2, 0) is 50.6 Å². The van der Waals surface area contributed by atoms with Crippen LogP contribution in [0.1, 0.15) is 42.5 Å². The van der Waals surface area contributed by atoms with Crippen molar-refractivity contribution in [2.45, 2.75) is 49.2 Å². The molecule has 1 unspecified atom stereocenters. The maximum atomic E-state index is 14.7. The minimum Gasteiger partial charge on any atom is -0.467 e. The number of fused-ring (bicyclic) bond motifs is 1. The van der Waals surface area contributed by atoms with Gasteiger partial charge < -0.3 is 19.1 Å². The largest absolute Gasteiger partial charge is 0.467 e. The van der Waals surface area contributed by atoms with E-state index in [2.05, 4.69) is 11.1 Å². The lowest BCUT2D eigenvalue weighted by Gasteiger charge is -2.40. The summed E-state index contributed by atoms with van der Waals surface area (Å²) in [4.78, 5) is 47.7. The van der Waals surface area contributed by atoms with E-state index < -0.39 is 51.1 Å². The second-order valence-corrected chi connectivity index (χ2v) is 13.5. The predicted octanol–water partition coefficient (Wildman–Crippen LogP) is 3.49. The fourth-order valence-corrected chi connectivity index (χ4v) is 8.66. The fraction of sp³-hybridized carbons (Fsp3) is 0.278. The number of hydrogen-bond donors (Lipinski definition) is 0. The number of nitrogens with zero attached hydrogens (tertiary/aromatic N) is 5. The Morgan fingerprint density at radius 1 is 0.900 bits per heavy atom. The van der Waals surface area contributed by atoms with Crippen LogP contribution in [-0.4, -0.2) is 68.9 Å². The van der Waals surface area contributed by atoms with Crippen molar-refractivity contribution >= 4 is 39.5 Å². The molecule has 3 atom stereocenters. The number of amidine groups is 1. The van der Waals surface area contributed by atoms with E-state index >= 15 is 0 Å². The first-order chi connectivity index (χ1) is 24.1. The molecule has 1 spiro atoms. The van der Waals surface area contributed by atoms with Crippen LogP contribution in [0.25, 0.3) is 0 Å². The molecule has 3 heterocycles. The van der Waals surface area contributed by atoms with Crippen molar-refractivity contribution in [1.82, 2.24) is 4.31 Å². The summed E-state index contributed by atoms with van der Waals surface area (Å²) in [5, 5.41) is 18.7. The number of carbonyl (C=O) groups is 3. The van der Waals surface area contributed by atoms with E-state index in [0.29, 0.717) is 16.8 Å². The topological polar surface area (TPSA) is 179 Å². The van der Waals surface area contributed by atoms with Crippen molar-refractivity contribution in [3.63, 3.8) is 0 Å². The van der Waals surface area contributed by atoms with Crippen LogP contribution in [0.4, 0.5) is 5.69 Å². The normalized spacial score (nSPS) is 20.5. The highest BCUT2D eigenvalue weighted by Gasteiger charge is 2.68. The molecule has 1 saturated heterocycles. The van der Waals surface area contributed by atoms with Crippen molar-refractivity contribution < 1.29 is 37.0 Å². The van der Waals surface area contributed by atoms with E-state index in [4.69, 9.17) is 14.2 Å². The van der Waals surface area contributed by atoms with Crippen LogP contribution < -0.4 is 4.90 Å². The molecule has 14 heteroatoms. The number of carbonyl (C=O) groups excluding carboxylic acids is 3. The van der Waals surface area contributed by atoms with Gasteiger partial charge in [0.2, 0.25) is 0 Å². The third kappa shape index (κ3) is 5.25. The molecule has 0 bridgehead atoms. The van der Waals surface area contributed by atoms with Crippen LogP contribution in [0.5, 0.6) is 0 Å². The van der Waals surface area contributed by atoms with Crippen LogP contribution >= 0.6 is 0 Å². The van der Waals surface area contributed by atoms with Gasteiger partial charge in [0.05, 0.1) is 65.5 Å². The number of sulfonamides is 1. The molecule has 1 fully saturated rings. The molecule has 0 aromatic heterocycles. The lowest BCUT2D eigenvalue weighted by molar-refractivity contribution is -0.144. The van der Waals surface area contributed by atoms with E-state index in [1.807, 2.05) is 11.0 Å². The molecule has 3 aromatic rings. The lowest BCUT2D eigenvalue weighted by atomic mass is 9.69. The number of methoxy groups -OCH3 is 1. The van der Waals surface area contributed by atoms with Gasteiger partial charge in [-0.15, -0.1) is 0 Å². The van der Waals surface area contributed by atoms with Crippen molar-refractivity contribution in [3.05, 3.63) is 106 Å². The molecule has 254 valence electrons. The van der Waals surface area contributed by atoms with E-state index in [9.17, 15) is 33.3 Å². The van der Waals surface area contributed by atoms with Gasteiger partial charge in [0.15, 0.2) is 5.70 Å². The molecule has 13 nitrogen and oxygen atoms in total. The summed E-state index contributed by atoms with van der Waals surface area (Å²) < 4.78 is 46.2. The molecule has 0 N–H and O–H groups in total. The molecule has 0 saturated carbocycles. The average Bonchev–Trinajstić information content (AvgIpc) is 3.63. The van der Waals surface area contributed by atoms with Gasteiger partial charge in [-0.2, -0.15) is 10.5 Å². The van der Waals surface area contributed by atoms with E-state index in [1.54, 1.807) is 62.4 Å². The Labute approximate surface area is 288 Å². The lowest BCUT2D eigenvalue weighted by Crippen LogP contribution is -2.55. The monoisotopic (exact) mass is 693 g/mol. The van der Waals surface area contributed by atoms with Gasteiger partial charge in [-0.25, -0.2) is 32.1 Å². The smallest absolute Gasteiger partial charge is 0.357 e. The molecule has 3 aliphatic heterocycles. The Kier molecular flexibility index (Phi) is 8.91. The minimum absolute atomic E-state index is 0.0404. The Morgan fingerprint density at radius 2 is 1.50 bits per heavy atom. The molecule has 0 radical (unpaired) electrons. The number of rotatable bonds is 9. The zero-order valence-corrected chi connectivity index (χ0v) is 28.1. The Hall–Kier alpha value is -5.99. The van der Waals surface area contributed by atoms with Gasteiger partial charge in [-0.1, -0.05) is 30.3 Å². The number of para-hydroxylation sites is 1. The van der Waals surface area contributed by atoms with Crippen molar-refractivity contribution in [2.75, 3.05) is 25.2 Å². The Morgan fingerprint density at radius 3 is 2.10 bits per heavy atom. The Bertz CT molecular complexity index is 2150. The zero-order chi connectivity index (χ0) is 35.8. The molecule has 6 rings (SSSR count). The van der Waals surface area contributed by atoms with Crippen LogP contribution in [0.15, 0.2) is 94.0 Å². The van der Waals surface area contributed by atoms with Gasteiger partial charge in [-0.05, 0) is 73.9 Å². The summed E-state index contributed by atoms with van der Waals surface area (Å²) in [5.41, 5.74) is 0.457. The van der Waals surface area contributed by atoms with Crippen LogP contribution in [0, 0.1) is 22.7 Å². The van der Waals surface area contributed by atoms with Gasteiger partial charge in [0.1, 0.15) is 11.9 Å². The number of benzene rings is 3. The highest BCUT2D eigenvalue weighted by Crippen LogP contribution is 2.59. The highest BCUT2D eigenvalue weighted by atomic mass is 32.2. The van der Waals surface area contributed by atoms with Crippen molar-refractivity contribution in [3.8, 4) is 12.1 Å². The molecule has 0 aliphatic carbocycles. The molecule has 3 aliphatic rings. The molecule has 3 aromatic carbocycles. The van der Waals surface area contributed by atoms with E-state index in [0.717, 1.165) is 17.0 Å². The highest BCUT2D eigenvalue weighted by molar-refractivity contribution is 7.89. The number of hydrogen-bond acceptors (Lipinski definition) is 12. The van der Waals surface area contributed by atoms with E-state index in [-0.39, 0.29) is 48.0 Å². The van der Waals surface area contributed by atoms with Crippen LogP contribution in [0.3, 0.4) is 0 Å². The minimum atomic E-state index is -4.63. The number of anilines is 1. The first-order valence-electron chi connectivity index (χ1n) is 15.7. The second-order valence-electron chi connectivity index (χ2n) is 11.6. The zero-order valence-electron chi connectivity index (χ0n) is 27.3. The summed E-state index contributed by atoms with van der Waals surface area (Å²) >= 11 is 0. The quantitative estimate of drug-likeness (QED) is 0.237.